The van der Waals surface area contributed by atoms with Crippen molar-refractivity contribution in [1.82, 2.24) is 19.6 Å². The number of hydrogen-bond donors (Lipinski definition) is 0. The molecule has 1 aromatic rings. The predicted octanol–water partition coefficient (Wildman–Crippen LogP) is 1.60. The minimum atomic E-state index is -0.503. The number of carbonyl (C=O) groups excluding carboxylic acids is 2. The van der Waals surface area contributed by atoms with E-state index in [-0.39, 0.29) is 12.0 Å². The Balaban J connectivity index is 1.89. The molecule has 2 amide bonds. The number of nitrogens with zero attached hydrogens (tertiary/aromatic N) is 4. The summed E-state index contributed by atoms with van der Waals surface area (Å²) in [6.07, 6.45) is 1.47. The number of ether oxygens (including phenoxy) is 1. The normalized spacial score (nSPS) is 15.8. The molecular weight excluding hydrogens is 284 g/mol. The fourth-order valence-corrected chi connectivity index (χ4v) is 2.23. The minimum absolute atomic E-state index is 0.0870. The Morgan fingerprint density at radius 1 is 1.18 bits per heavy atom. The monoisotopic (exact) mass is 308 g/mol. The maximum Gasteiger partial charge on any atom is 0.410 e. The molecule has 0 radical (unpaired) electrons. The molecular formula is C15H24N4O3. The Bertz CT molecular complexity index is 539. The Hall–Kier alpha value is -2.05. The lowest BCUT2D eigenvalue weighted by atomic mass is 10.2. The van der Waals surface area contributed by atoms with E-state index >= 15 is 0 Å². The highest BCUT2D eigenvalue weighted by molar-refractivity contribution is 5.92. The molecule has 2 rings (SSSR count). The van der Waals surface area contributed by atoms with Crippen molar-refractivity contribution in [3.63, 3.8) is 0 Å². The van der Waals surface area contributed by atoms with E-state index in [1.807, 2.05) is 27.7 Å². The summed E-state index contributed by atoms with van der Waals surface area (Å²) in [5.41, 5.74) is -0.0515. The molecule has 0 atom stereocenters. The molecule has 22 heavy (non-hydrogen) atoms. The smallest absolute Gasteiger partial charge is 0.410 e. The van der Waals surface area contributed by atoms with Crippen molar-refractivity contribution in [2.45, 2.75) is 39.8 Å². The number of carbonyl (C=O) groups is 2. The Kier molecular flexibility index (Phi) is 4.73. The second-order valence-corrected chi connectivity index (χ2v) is 6.32. The summed E-state index contributed by atoms with van der Waals surface area (Å²) in [5, 5.41) is 4.23. The van der Waals surface area contributed by atoms with Gasteiger partial charge in [-0.15, -0.1) is 0 Å². The van der Waals surface area contributed by atoms with Gasteiger partial charge in [-0.1, -0.05) is 0 Å². The molecule has 0 saturated carbocycles. The number of piperazine rings is 1. The van der Waals surface area contributed by atoms with E-state index < -0.39 is 5.60 Å². The SMILES string of the molecule is CCn1ccc(C(=O)N2CCN(C(=O)OC(C)(C)C)CC2)n1. The number of hydrogen-bond acceptors (Lipinski definition) is 4. The van der Waals surface area contributed by atoms with Crippen molar-refractivity contribution in [2.24, 2.45) is 0 Å². The summed E-state index contributed by atoms with van der Waals surface area (Å²) in [5.74, 6) is -0.0870. The molecule has 7 nitrogen and oxygen atoms in total. The standard InChI is InChI=1S/C15H24N4O3/c1-5-19-7-6-12(16-19)13(20)17-8-10-18(11-9-17)14(21)22-15(2,3)4/h6-7H,5,8-11H2,1-4H3. The third-order valence-electron chi connectivity index (χ3n) is 3.40. The molecule has 7 heteroatoms. The largest absolute Gasteiger partial charge is 0.444 e. The Labute approximate surface area is 130 Å². The molecule has 0 unspecified atom stereocenters. The molecule has 1 aliphatic heterocycles. The van der Waals surface area contributed by atoms with Crippen LogP contribution in [0.25, 0.3) is 0 Å². The van der Waals surface area contributed by atoms with Gasteiger partial charge >= 0.3 is 6.09 Å². The van der Waals surface area contributed by atoms with Gasteiger partial charge in [0.05, 0.1) is 0 Å². The van der Waals surface area contributed by atoms with Crippen LogP contribution in [0.2, 0.25) is 0 Å². The number of aromatic nitrogens is 2. The molecule has 122 valence electrons. The van der Waals surface area contributed by atoms with Gasteiger partial charge in [0.1, 0.15) is 11.3 Å². The molecule has 0 bridgehead atoms. The van der Waals surface area contributed by atoms with Crippen LogP contribution in [-0.2, 0) is 11.3 Å². The lowest BCUT2D eigenvalue weighted by Gasteiger charge is -2.35. The number of amides is 2. The molecule has 1 aliphatic rings. The van der Waals surface area contributed by atoms with E-state index in [1.165, 1.54) is 0 Å². The molecule has 0 aliphatic carbocycles. The van der Waals surface area contributed by atoms with Crippen LogP contribution in [0.3, 0.4) is 0 Å². The van der Waals surface area contributed by atoms with Crippen molar-refractivity contribution in [3.05, 3.63) is 18.0 Å². The summed E-state index contributed by atoms with van der Waals surface area (Å²) in [7, 11) is 0. The van der Waals surface area contributed by atoms with Gasteiger partial charge in [0.25, 0.3) is 5.91 Å². The van der Waals surface area contributed by atoms with Crippen molar-refractivity contribution in [1.29, 1.82) is 0 Å². The van der Waals surface area contributed by atoms with Gasteiger partial charge in [0.2, 0.25) is 0 Å². The van der Waals surface area contributed by atoms with Crippen LogP contribution < -0.4 is 0 Å². The van der Waals surface area contributed by atoms with Crippen LogP contribution in [0.4, 0.5) is 4.79 Å². The highest BCUT2D eigenvalue weighted by atomic mass is 16.6. The molecule has 1 aromatic heterocycles. The fourth-order valence-electron chi connectivity index (χ4n) is 2.23. The first-order chi connectivity index (χ1) is 10.3. The quantitative estimate of drug-likeness (QED) is 0.832. The van der Waals surface area contributed by atoms with E-state index in [1.54, 1.807) is 26.7 Å². The summed E-state index contributed by atoms with van der Waals surface area (Å²) >= 11 is 0. The van der Waals surface area contributed by atoms with Crippen molar-refractivity contribution in [2.75, 3.05) is 26.2 Å². The van der Waals surface area contributed by atoms with Crippen molar-refractivity contribution < 1.29 is 14.3 Å². The summed E-state index contributed by atoms with van der Waals surface area (Å²) in [4.78, 5) is 27.7. The fraction of sp³-hybridized carbons (Fsp3) is 0.667. The minimum Gasteiger partial charge on any atom is -0.444 e. The first-order valence-corrected chi connectivity index (χ1v) is 7.61. The zero-order valence-corrected chi connectivity index (χ0v) is 13.7. The highest BCUT2D eigenvalue weighted by Crippen LogP contribution is 2.13. The van der Waals surface area contributed by atoms with Gasteiger partial charge in [-0.25, -0.2) is 4.79 Å². The van der Waals surface area contributed by atoms with E-state index in [0.29, 0.717) is 31.9 Å². The summed E-state index contributed by atoms with van der Waals surface area (Å²) < 4.78 is 7.07. The van der Waals surface area contributed by atoms with E-state index in [4.69, 9.17) is 4.74 Å². The first-order valence-electron chi connectivity index (χ1n) is 7.61. The average Bonchev–Trinajstić information content (AvgIpc) is 2.94. The topological polar surface area (TPSA) is 67.7 Å². The molecule has 1 saturated heterocycles. The van der Waals surface area contributed by atoms with Gasteiger partial charge in [-0.05, 0) is 33.8 Å². The molecule has 0 spiro atoms. The predicted molar refractivity (Wildman–Crippen MR) is 81.6 cm³/mol. The van der Waals surface area contributed by atoms with E-state index in [9.17, 15) is 9.59 Å². The van der Waals surface area contributed by atoms with Crippen LogP contribution in [0.5, 0.6) is 0 Å². The van der Waals surface area contributed by atoms with Gasteiger partial charge in [0.15, 0.2) is 0 Å². The number of rotatable bonds is 2. The zero-order chi connectivity index (χ0) is 16.3. The van der Waals surface area contributed by atoms with Gasteiger partial charge < -0.3 is 14.5 Å². The first kappa shape index (κ1) is 16.3. The third kappa shape index (κ3) is 3.99. The molecule has 1 fully saturated rings. The maximum atomic E-state index is 12.3. The van der Waals surface area contributed by atoms with Crippen molar-refractivity contribution >= 4 is 12.0 Å². The molecule has 0 N–H and O–H groups in total. The van der Waals surface area contributed by atoms with Gasteiger partial charge in [0, 0.05) is 38.9 Å². The maximum absolute atomic E-state index is 12.3. The Morgan fingerprint density at radius 2 is 1.77 bits per heavy atom. The molecule has 2 heterocycles. The Morgan fingerprint density at radius 3 is 2.27 bits per heavy atom. The van der Waals surface area contributed by atoms with Gasteiger partial charge in [-0.3, -0.25) is 9.48 Å². The lowest BCUT2D eigenvalue weighted by molar-refractivity contribution is 0.0140. The van der Waals surface area contributed by atoms with Gasteiger partial charge in [-0.2, -0.15) is 5.10 Å². The average molecular weight is 308 g/mol. The summed E-state index contributed by atoms with van der Waals surface area (Å²) in [6.45, 7) is 10.2. The lowest BCUT2D eigenvalue weighted by Crippen LogP contribution is -2.51. The highest BCUT2D eigenvalue weighted by Gasteiger charge is 2.28. The third-order valence-corrected chi connectivity index (χ3v) is 3.40. The van der Waals surface area contributed by atoms with Crippen LogP contribution in [0.15, 0.2) is 12.3 Å². The van der Waals surface area contributed by atoms with Crippen LogP contribution in [0, 0.1) is 0 Å². The van der Waals surface area contributed by atoms with E-state index in [0.717, 1.165) is 6.54 Å². The second-order valence-electron chi connectivity index (χ2n) is 6.32. The second kappa shape index (κ2) is 6.37. The van der Waals surface area contributed by atoms with E-state index in [2.05, 4.69) is 5.10 Å². The summed E-state index contributed by atoms with van der Waals surface area (Å²) in [6, 6.07) is 1.73. The van der Waals surface area contributed by atoms with Crippen molar-refractivity contribution in [3.8, 4) is 0 Å². The van der Waals surface area contributed by atoms with Crippen LogP contribution in [0.1, 0.15) is 38.2 Å². The van der Waals surface area contributed by atoms with Crippen LogP contribution in [-0.4, -0.2) is 63.4 Å². The zero-order valence-electron chi connectivity index (χ0n) is 13.7. The van der Waals surface area contributed by atoms with Crippen LogP contribution >= 0.6 is 0 Å². The molecule has 0 aromatic carbocycles. The number of aryl methyl sites for hydroxylation is 1.